The van der Waals surface area contributed by atoms with E-state index in [1.165, 1.54) is 6.20 Å². The predicted octanol–water partition coefficient (Wildman–Crippen LogP) is 3.01. The SMILES string of the molecule is N#C/C(=C/Nc1ccc(C(N)=O)cc1)C(=O)Nc1ccc(Br)cc1. The van der Waals surface area contributed by atoms with Crippen molar-refractivity contribution >= 4 is 39.1 Å². The highest BCUT2D eigenvalue weighted by atomic mass is 79.9. The molecule has 0 bridgehead atoms. The molecule has 0 fully saturated rings. The molecule has 0 aliphatic rings. The van der Waals surface area contributed by atoms with Crippen molar-refractivity contribution in [2.45, 2.75) is 0 Å². The molecule has 2 aromatic rings. The number of nitriles is 1. The van der Waals surface area contributed by atoms with Gasteiger partial charge in [-0.25, -0.2) is 0 Å². The molecule has 120 valence electrons. The van der Waals surface area contributed by atoms with Gasteiger partial charge < -0.3 is 16.4 Å². The summed E-state index contributed by atoms with van der Waals surface area (Å²) < 4.78 is 0.887. The van der Waals surface area contributed by atoms with E-state index >= 15 is 0 Å². The number of anilines is 2. The Morgan fingerprint density at radius 3 is 2.17 bits per heavy atom. The second-order valence-corrected chi connectivity index (χ2v) is 5.63. The van der Waals surface area contributed by atoms with E-state index in [0.29, 0.717) is 16.9 Å². The first kappa shape index (κ1) is 17.2. The van der Waals surface area contributed by atoms with Crippen LogP contribution in [0.4, 0.5) is 11.4 Å². The number of primary amides is 1. The van der Waals surface area contributed by atoms with Gasteiger partial charge in [0.1, 0.15) is 11.6 Å². The van der Waals surface area contributed by atoms with Gasteiger partial charge in [0.2, 0.25) is 5.91 Å². The molecule has 4 N–H and O–H groups in total. The minimum absolute atomic E-state index is 0.0862. The van der Waals surface area contributed by atoms with E-state index in [9.17, 15) is 9.59 Å². The zero-order valence-corrected chi connectivity index (χ0v) is 14.0. The molecule has 0 heterocycles. The van der Waals surface area contributed by atoms with E-state index < -0.39 is 11.8 Å². The molecule has 0 atom stereocenters. The van der Waals surface area contributed by atoms with Gasteiger partial charge in [0.05, 0.1) is 0 Å². The van der Waals surface area contributed by atoms with Gasteiger partial charge in [-0.1, -0.05) is 15.9 Å². The lowest BCUT2D eigenvalue weighted by Crippen LogP contribution is -2.14. The molecule has 6 nitrogen and oxygen atoms in total. The van der Waals surface area contributed by atoms with E-state index in [0.717, 1.165) is 4.47 Å². The highest BCUT2D eigenvalue weighted by Crippen LogP contribution is 2.15. The molecule has 0 aliphatic heterocycles. The average molecular weight is 385 g/mol. The fourth-order valence-corrected chi connectivity index (χ4v) is 2.03. The number of nitrogens with one attached hydrogen (secondary N) is 2. The average Bonchev–Trinajstić information content (AvgIpc) is 2.58. The third kappa shape index (κ3) is 4.69. The van der Waals surface area contributed by atoms with Crippen molar-refractivity contribution in [2.75, 3.05) is 10.6 Å². The topological polar surface area (TPSA) is 108 Å². The van der Waals surface area contributed by atoms with Crippen molar-refractivity contribution in [1.82, 2.24) is 0 Å². The summed E-state index contributed by atoms with van der Waals surface area (Å²) in [5.41, 5.74) is 6.64. The Morgan fingerprint density at radius 2 is 1.62 bits per heavy atom. The van der Waals surface area contributed by atoms with Crippen LogP contribution in [0.2, 0.25) is 0 Å². The molecule has 24 heavy (non-hydrogen) atoms. The van der Waals surface area contributed by atoms with Gasteiger partial charge in [0.15, 0.2) is 0 Å². The summed E-state index contributed by atoms with van der Waals surface area (Å²) in [5, 5.41) is 14.6. The van der Waals surface area contributed by atoms with Crippen molar-refractivity contribution < 1.29 is 9.59 Å². The number of hydrogen-bond donors (Lipinski definition) is 3. The number of carbonyl (C=O) groups is 2. The molecule has 0 unspecified atom stereocenters. The minimum atomic E-state index is -0.527. The summed E-state index contributed by atoms with van der Waals surface area (Å²) >= 11 is 3.30. The maximum Gasteiger partial charge on any atom is 0.267 e. The van der Waals surface area contributed by atoms with Crippen molar-refractivity contribution in [3.05, 3.63) is 70.3 Å². The van der Waals surface area contributed by atoms with E-state index in [2.05, 4.69) is 26.6 Å². The molecule has 0 saturated carbocycles. The molecular weight excluding hydrogens is 372 g/mol. The second-order valence-electron chi connectivity index (χ2n) is 4.72. The first-order valence-corrected chi connectivity index (χ1v) is 7.62. The second kappa shape index (κ2) is 7.94. The summed E-state index contributed by atoms with van der Waals surface area (Å²) in [4.78, 5) is 23.1. The lowest BCUT2D eigenvalue weighted by molar-refractivity contribution is -0.112. The molecule has 2 amide bonds. The minimum Gasteiger partial charge on any atom is -0.366 e. The third-order valence-corrected chi connectivity index (χ3v) is 3.55. The first-order valence-electron chi connectivity index (χ1n) is 6.83. The van der Waals surface area contributed by atoms with Crippen LogP contribution in [0.3, 0.4) is 0 Å². The Labute approximate surface area is 147 Å². The van der Waals surface area contributed by atoms with E-state index in [1.807, 2.05) is 6.07 Å². The van der Waals surface area contributed by atoms with Gasteiger partial charge in [-0.2, -0.15) is 5.26 Å². The van der Waals surface area contributed by atoms with E-state index in [-0.39, 0.29) is 5.57 Å². The van der Waals surface area contributed by atoms with Crippen molar-refractivity contribution in [3.8, 4) is 6.07 Å². The lowest BCUT2D eigenvalue weighted by Gasteiger charge is -2.05. The van der Waals surface area contributed by atoms with Crippen LogP contribution in [-0.4, -0.2) is 11.8 Å². The van der Waals surface area contributed by atoms with Crippen molar-refractivity contribution in [1.29, 1.82) is 5.26 Å². The summed E-state index contributed by atoms with van der Waals surface area (Å²) in [6, 6.07) is 15.2. The van der Waals surface area contributed by atoms with Crippen LogP contribution in [0.5, 0.6) is 0 Å². The van der Waals surface area contributed by atoms with Crippen LogP contribution in [0.1, 0.15) is 10.4 Å². The summed E-state index contributed by atoms with van der Waals surface area (Å²) in [5.74, 6) is -1.05. The van der Waals surface area contributed by atoms with Crippen molar-refractivity contribution in [2.24, 2.45) is 5.73 Å². The number of amides is 2. The van der Waals surface area contributed by atoms with Gasteiger partial charge >= 0.3 is 0 Å². The Morgan fingerprint density at radius 1 is 1.04 bits per heavy atom. The normalized spacial score (nSPS) is 10.6. The standard InChI is InChI=1S/C17H13BrN4O2/c18-13-3-7-15(8-4-13)22-17(24)12(9-19)10-21-14-5-1-11(2-6-14)16(20)23/h1-8,10,21H,(H2,20,23)(H,22,24)/b12-10-. The van der Waals surface area contributed by atoms with Crippen LogP contribution in [-0.2, 0) is 4.79 Å². The van der Waals surface area contributed by atoms with Gasteiger partial charge in [-0.05, 0) is 48.5 Å². The van der Waals surface area contributed by atoms with Gasteiger partial charge in [0.25, 0.3) is 5.91 Å². The number of nitrogens with two attached hydrogens (primary N) is 1. The fourth-order valence-electron chi connectivity index (χ4n) is 1.77. The monoisotopic (exact) mass is 384 g/mol. The van der Waals surface area contributed by atoms with Gasteiger partial charge in [0, 0.05) is 27.6 Å². The first-order chi connectivity index (χ1) is 11.5. The molecule has 0 spiro atoms. The molecule has 2 rings (SSSR count). The number of hydrogen-bond acceptors (Lipinski definition) is 4. The predicted molar refractivity (Wildman–Crippen MR) is 95.1 cm³/mol. The van der Waals surface area contributed by atoms with E-state index in [1.54, 1.807) is 48.5 Å². The van der Waals surface area contributed by atoms with Crippen LogP contribution < -0.4 is 16.4 Å². The maximum atomic E-state index is 12.1. The largest absolute Gasteiger partial charge is 0.366 e. The van der Waals surface area contributed by atoms with Crippen LogP contribution in [0.25, 0.3) is 0 Å². The zero-order valence-electron chi connectivity index (χ0n) is 12.4. The fraction of sp³-hybridized carbons (Fsp3) is 0. The molecule has 0 aliphatic carbocycles. The molecule has 0 radical (unpaired) electrons. The van der Waals surface area contributed by atoms with Crippen LogP contribution in [0.15, 0.2) is 64.8 Å². The van der Waals surface area contributed by atoms with Gasteiger partial charge in [-0.15, -0.1) is 0 Å². The summed E-state index contributed by atoms with van der Waals surface area (Å²) in [6.07, 6.45) is 1.30. The van der Waals surface area contributed by atoms with Crippen LogP contribution in [0, 0.1) is 11.3 Å². The van der Waals surface area contributed by atoms with Gasteiger partial charge in [-0.3, -0.25) is 9.59 Å². The summed E-state index contributed by atoms with van der Waals surface area (Å²) in [6.45, 7) is 0. The number of carbonyl (C=O) groups excluding carboxylic acids is 2. The number of rotatable bonds is 5. The highest BCUT2D eigenvalue weighted by molar-refractivity contribution is 9.10. The zero-order chi connectivity index (χ0) is 17.5. The smallest absolute Gasteiger partial charge is 0.267 e. The Hall–Kier alpha value is -3.11. The number of benzene rings is 2. The molecule has 2 aromatic carbocycles. The number of nitrogens with zero attached hydrogens (tertiary/aromatic N) is 1. The highest BCUT2D eigenvalue weighted by Gasteiger charge is 2.09. The quantitative estimate of drug-likeness (QED) is 0.543. The Balaban J connectivity index is 2.05. The Kier molecular flexibility index (Phi) is 5.71. The molecule has 0 aromatic heterocycles. The van der Waals surface area contributed by atoms with Crippen LogP contribution >= 0.6 is 15.9 Å². The molecule has 7 heteroatoms. The molecular formula is C17H13BrN4O2. The van der Waals surface area contributed by atoms with Crippen molar-refractivity contribution in [3.63, 3.8) is 0 Å². The maximum absolute atomic E-state index is 12.1. The van der Waals surface area contributed by atoms with E-state index in [4.69, 9.17) is 11.0 Å². The number of halogens is 1. The third-order valence-electron chi connectivity index (χ3n) is 3.02. The molecule has 0 saturated heterocycles. The Bertz CT molecular complexity index is 821. The lowest BCUT2D eigenvalue weighted by atomic mass is 10.2. The summed E-state index contributed by atoms with van der Waals surface area (Å²) in [7, 11) is 0.